The zero-order chi connectivity index (χ0) is 14.7. The first kappa shape index (κ1) is 13.7. The van der Waals surface area contributed by atoms with Crippen LogP contribution in [0, 0.1) is 6.92 Å². The van der Waals surface area contributed by atoms with E-state index in [4.69, 9.17) is 0 Å². The quantitative estimate of drug-likeness (QED) is 0.850. The highest BCUT2D eigenvalue weighted by Gasteiger charge is 2.26. The molecule has 0 aliphatic carbocycles. The number of piperidine rings is 1. The van der Waals surface area contributed by atoms with E-state index in [0.717, 1.165) is 37.2 Å². The molecule has 3 heterocycles. The summed E-state index contributed by atoms with van der Waals surface area (Å²) in [5.74, 6) is 0.403. The molecule has 0 bridgehead atoms. The molecule has 4 heteroatoms. The van der Waals surface area contributed by atoms with Crippen LogP contribution in [0.25, 0.3) is 0 Å². The highest BCUT2D eigenvalue weighted by atomic mass is 16.2. The van der Waals surface area contributed by atoms with Gasteiger partial charge in [-0.1, -0.05) is 6.07 Å². The summed E-state index contributed by atoms with van der Waals surface area (Å²) in [5.41, 5.74) is 2.91. The number of pyridine rings is 2. The molecule has 1 aliphatic heterocycles. The monoisotopic (exact) mass is 281 g/mol. The Morgan fingerprint density at radius 2 is 2.19 bits per heavy atom. The molecule has 1 amide bonds. The second-order valence-electron chi connectivity index (χ2n) is 5.59. The lowest BCUT2D eigenvalue weighted by atomic mass is 9.93. The first-order valence-corrected chi connectivity index (χ1v) is 7.36. The Hall–Kier alpha value is -2.23. The van der Waals surface area contributed by atoms with Crippen LogP contribution in [0.2, 0.25) is 0 Å². The molecule has 3 rings (SSSR count). The average molecular weight is 281 g/mol. The van der Waals surface area contributed by atoms with Gasteiger partial charge in [-0.3, -0.25) is 14.8 Å². The summed E-state index contributed by atoms with van der Waals surface area (Å²) in [6.45, 7) is 3.59. The van der Waals surface area contributed by atoms with Gasteiger partial charge in [-0.2, -0.15) is 0 Å². The Morgan fingerprint density at radius 1 is 1.29 bits per heavy atom. The van der Waals surface area contributed by atoms with Gasteiger partial charge in [-0.15, -0.1) is 0 Å². The van der Waals surface area contributed by atoms with Crippen molar-refractivity contribution >= 4 is 5.91 Å². The van der Waals surface area contributed by atoms with Crippen LogP contribution >= 0.6 is 0 Å². The molecule has 21 heavy (non-hydrogen) atoms. The van der Waals surface area contributed by atoms with Crippen molar-refractivity contribution in [1.82, 2.24) is 14.9 Å². The maximum absolute atomic E-state index is 12.5. The fourth-order valence-corrected chi connectivity index (χ4v) is 2.80. The molecule has 1 fully saturated rings. The summed E-state index contributed by atoms with van der Waals surface area (Å²) in [4.78, 5) is 23.0. The van der Waals surface area contributed by atoms with Crippen molar-refractivity contribution in [3.8, 4) is 0 Å². The molecule has 0 spiro atoms. The smallest absolute Gasteiger partial charge is 0.255 e. The molecule has 0 aromatic carbocycles. The van der Waals surface area contributed by atoms with Gasteiger partial charge in [-0.05, 0) is 43.5 Å². The second-order valence-corrected chi connectivity index (χ2v) is 5.59. The number of amides is 1. The number of likely N-dealkylation sites (tertiary alicyclic amines) is 1. The van der Waals surface area contributed by atoms with E-state index >= 15 is 0 Å². The maximum atomic E-state index is 12.5. The van der Waals surface area contributed by atoms with Crippen LogP contribution < -0.4 is 0 Å². The van der Waals surface area contributed by atoms with Crippen LogP contribution in [0.4, 0.5) is 0 Å². The molecule has 108 valence electrons. The van der Waals surface area contributed by atoms with Crippen LogP contribution in [0.3, 0.4) is 0 Å². The predicted molar refractivity (Wildman–Crippen MR) is 81.1 cm³/mol. The zero-order valence-electron chi connectivity index (χ0n) is 12.2. The molecule has 0 saturated carbocycles. The van der Waals surface area contributed by atoms with E-state index in [0.29, 0.717) is 11.5 Å². The Kier molecular flexibility index (Phi) is 3.95. The summed E-state index contributed by atoms with van der Waals surface area (Å²) in [6, 6.07) is 7.79. The fraction of sp³-hybridized carbons (Fsp3) is 0.353. The summed E-state index contributed by atoms with van der Waals surface area (Å²) in [7, 11) is 0. The molecule has 2 aromatic heterocycles. The van der Waals surface area contributed by atoms with Crippen molar-refractivity contribution in [3.05, 3.63) is 59.7 Å². The standard InChI is InChI=1S/C17H19N3O/c1-13-6-7-16(19-10-13)15-5-3-9-20(12-15)17(21)14-4-2-8-18-11-14/h2,4,6-8,10-11,15H,3,5,9,12H2,1H3. The Balaban J connectivity index is 1.74. The summed E-state index contributed by atoms with van der Waals surface area (Å²) in [6.07, 6.45) is 7.33. The van der Waals surface area contributed by atoms with Crippen LogP contribution in [0.1, 0.15) is 40.4 Å². The first-order valence-electron chi connectivity index (χ1n) is 7.36. The van der Waals surface area contributed by atoms with E-state index in [1.807, 2.05) is 24.1 Å². The molecular formula is C17H19N3O. The lowest BCUT2D eigenvalue weighted by Gasteiger charge is -2.32. The van der Waals surface area contributed by atoms with Gasteiger partial charge >= 0.3 is 0 Å². The largest absolute Gasteiger partial charge is 0.338 e. The second kappa shape index (κ2) is 6.04. The number of aromatic nitrogens is 2. The Morgan fingerprint density at radius 3 is 2.90 bits per heavy atom. The number of nitrogens with zero attached hydrogens (tertiary/aromatic N) is 3. The van der Waals surface area contributed by atoms with Crippen molar-refractivity contribution < 1.29 is 4.79 Å². The molecule has 1 aliphatic rings. The van der Waals surface area contributed by atoms with Gasteiger partial charge in [0.2, 0.25) is 0 Å². The number of carbonyl (C=O) groups excluding carboxylic acids is 1. The van der Waals surface area contributed by atoms with Crippen LogP contribution in [-0.2, 0) is 0 Å². The Labute approximate surface area is 124 Å². The van der Waals surface area contributed by atoms with Crippen molar-refractivity contribution in [1.29, 1.82) is 0 Å². The molecular weight excluding hydrogens is 262 g/mol. The van der Waals surface area contributed by atoms with E-state index in [2.05, 4.69) is 22.1 Å². The normalized spacial score (nSPS) is 18.5. The number of rotatable bonds is 2. The van der Waals surface area contributed by atoms with Crippen molar-refractivity contribution in [2.75, 3.05) is 13.1 Å². The molecule has 1 atom stereocenters. The van der Waals surface area contributed by atoms with Gasteiger partial charge in [0.05, 0.1) is 5.56 Å². The molecule has 0 N–H and O–H groups in total. The van der Waals surface area contributed by atoms with E-state index in [-0.39, 0.29) is 5.91 Å². The van der Waals surface area contributed by atoms with Gasteiger partial charge < -0.3 is 4.90 Å². The summed E-state index contributed by atoms with van der Waals surface area (Å²) >= 11 is 0. The van der Waals surface area contributed by atoms with E-state index in [1.165, 1.54) is 0 Å². The highest BCUT2D eigenvalue weighted by molar-refractivity contribution is 5.93. The third kappa shape index (κ3) is 3.10. The van der Waals surface area contributed by atoms with Crippen molar-refractivity contribution in [3.63, 3.8) is 0 Å². The minimum atomic E-state index is 0.0694. The summed E-state index contributed by atoms with van der Waals surface area (Å²) < 4.78 is 0. The predicted octanol–water partition coefficient (Wildman–Crippen LogP) is 2.80. The fourth-order valence-electron chi connectivity index (χ4n) is 2.80. The van der Waals surface area contributed by atoms with E-state index in [1.54, 1.807) is 18.5 Å². The molecule has 4 nitrogen and oxygen atoms in total. The van der Waals surface area contributed by atoms with Crippen LogP contribution in [0.15, 0.2) is 42.9 Å². The lowest BCUT2D eigenvalue weighted by molar-refractivity contribution is 0.0705. The van der Waals surface area contributed by atoms with E-state index in [9.17, 15) is 4.79 Å². The number of hydrogen-bond acceptors (Lipinski definition) is 3. The molecule has 1 saturated heterocycles. The molecule has 1 unspecified atom stereocenters. The average Bonchev–Trinajstić information content (AvgIpc) is 2.56. The van der Waals surface area contributed by atoms with Gasteiger partial charge in [0, 0.05) is 43.3 Å². The number of hydrogen-bond donors (Lipinski definition) is 0. The van der Waals surface area contributed by atoms with Gasteiger partial charge in [-0.25, -0.2) is 0 Å². The summed E-state index contributed by atoms with van der Waals surface area (Å²) in [5, 5.41) is 0. The minimum Gasteiger partial charge on any atom is -0.338 e. The lowest BCUT2D eigenvalue weighted by Crippen LogP contribution is -2.39. The topological polar surface area (TPSA) is 46.1 Å². The SMILES string of the molecule is Cc1ccc(C2CCCN(C(=O)c3cccnc3)C2)nc1. The minimum absolute atomic E-state index is 0.0694. The third-order valence-electron chi connectivity index (χ3n) is 3.97. The van der Waals surface area contributed by atoms with Gasteiger partial charge in [0.1, 0.15) is 0 Å². The van der Waals surface area contributed by atoms with Crippen LogP contribution in [0.5, 0.6) is 0 Å². The molecule has 2 aromatic rings. The zero-order valence-corrected chi connectivity index (χ0v) is 12.2. The van der Waals surface area contributed by atoms with Gasteiger partial charge in [0.15, 0.2) is 0 Å². The third-order valence-corrected chi connectivity index (χ3v) is 3.97. The Bertz CT molecular complexity index is 610. The van der Waals surface area contributed by atoms with Crippen molar-refractivity contribution in [2.24, 2.45) is 0 Å². The number of aryl methyl sites for hydroxylation is 1. The van der Waals surface area contributed by atoms with Crippen LogP contribution in [-0.4, -0.2) is 33.9 Å². The van der Waals surface area contributed by atoms with Crippen molar-refractivity contribution in [2.45, 2.75) is 25.7 Å². The van der Waals surface area contributed by atoms with Gasteiger partial charge in [0.25, 0.3) is 5.91 Å². The van der Waals surface area contributed by atoms with E-state index < -0.39 is 0 Å². The number of carbonyl (C=O) groups is 1. The maximum Gasteiger partial charge on any atom is 0.255 e. The molecule has 0 radical (unpaired) electrons. The first-order chi connectivity index (χ1) is 10.2. The highest BCUT2D eigenvalue weighted by Crippen LogP contribution is 2.26.